The van der Waals surface area contributed by atoms with E-state index in [4.69, 9.17) is 9.47 Å². The first-order chi connectivity index (χ1) is 21.1. The van der Waals surface area contributed by atoms with Crippen molar-refractivity contribution in [3.05, 3.63) is 93.0 Å². The van der Waals surface area contributed by atoms with E-state index in [2.05, 4.69) is 20.4 Å². The van der Waals surface area contributed by atoms with Crippen LogP contribution in [0.5, 0.6) is 23.0 Å². The zero-order chi connectivity index (χ0) is 32.0. The SMILES string of the molecule is C.C.C.COc1cc(CO)c(O)c(-n2nc3ccc(C)cc3n2)c1.COc1cc(CO)c(O)c(N=Nc2ccc(C)cc2[N+](=O)[O-])c1.[OH3+]. The molecule has 0 aliphatic heterocycles. The Bertz CT molecular complexity index is 1860. The molecule has 0 atom stereocenters. The monoisotopic (exact) mass is 669 g/mol. The van der Waals surface area contributed by atoms with Gasteiger partial charge < -0.3 is 35.4 Å². The molecule has 1 aromatic heterocycles. The molecule has 15 nitrogen and oxygen atoms in total. The number of phenols is 2. The number of hydrogen-bond acceptors (Lipinski definition) is 12. The first-order valence-corrected chi connectivity index (χ1v) is 13.1. The summed E-state index contributed by atoms with van der Waals surface area (Å²) in [6.45, 7) is 3.01. The van der Waals surface area contributed by atoms with Gasteiger partial charge in [-0.1, -0.05) is 34.4 Å². The van der Waals surface area contributed by atoms with Gasteiger partial charge >= 0.3 is 0 Å². The summed E-state index contributed by atoms with van der Waals surface area (Å²) in [4.78, 5) is 11.9. The average molecular weight is 670 g/mol. The van der Waals surface area contributed by atoms with E-state index in [0.29, 0.717) is 22.7 Å². The first-order valence-electron chi connectivity index (χ1n) is 13.1. The molecule has 0 fully saturated rings. The van der Waals surface area contributed by atoms with Crippen LogP contribution in [0.15, 0.2) is 70.9 Å². The standard InChI is InChI=1S/C15H15N3O5.C15H15N3O3.3CH4.H2O/c1-9-3-4-12(14(5-9)18(21)22)16-17-13-7-11(23-2)6-10(8-19)15(13)20;1-9-3-4-12-13(5-9)17-18(16-12)14-7-11(21-2)6-10(8-19)15(14)20;;;;/h3-7,19-20H,8H2,1-2H3;3-7,19-20H,8H2,1-2H3;3*1H4;1H2/p+1. The van der Waals surface area contributed by atoms with Gasteiger partial charge in [0.1, 0.15) is 45.4 Å². The van der Waals surface area contributed by atoms with Gasteiger partial charge in [0, 0.05) is 29.3 Å². The smallest absolute Gasteiger partial charge is 0.296 e. The van der Waals surface area contributed by atoms with Crippen LogP contribution >= 0.6 is 0 Å². The van der Waals surface area contributed by atoms with Crippen molar-refractivity contribution in [1.29, 1.82) is 0 Å². The van der Waals surface area contributed by atoms with Crippen molar-refractivity contribution in [3.63, 3.8) is 0 Å². The molecule has 0 amide bonds. The van der Waals surface area contributed by atoms with E-state index >= 15 is 0 Å². The molecule has 48 heavy (non-hydrogen) atoms. The summed E-state index contributed by atoms with van der Waals surface area (Å²) in [6, 6.07) is 16.4. The predicted octanol–water partition coefficient (Wildman–Crippen LogP) is 6.45. The maximum Gasteiger partial charge on any atom is 0.296 e. The number of aromatic nitrogens is 3. The molecule has 0 spiro atoms. The van der Waals surface area contributed by atoms with E-state index in [1.165, 1.54) is 43.3 Å². The minimum absolute atomic E-state index is 0. The molecule has 0 aliphatic carbocycles. The summed E-state index contributed by atoms with van der Waals surface area (Å²) >= 11 is 0. The first kappa shape index (κ1) is 42.4. The highest BCUT2D eigenvalue weighted by Gasteiger charge is 2.16. The molecule has 5 rings (SSSR count). The van der Waals surface area contributed by atoms with Crippen molar-refractivity contribution in [1.82, 2.24) is 15.0 Å². The molecular weight excluding hydrogens is 624 g/mol. The molecule has 1 heterocycles. The number of hydrogen-bond donors (Lipinski definition) is 4. The normalized spacial score (nSPS) is 10.0. The number of rotatable bonds is 8. The van der Waals surface area contributed by atoms with Gasteiger partial charge in [-0.15, -0.1) is 25.2 Å². The Kier molecular flexibility index (Phi) is 16.3. The third-order valence-electron chi connectivity index (χ3n) is 6.44. The second-order valence-corrected chi connectivity index (χ2v) is 9.56. The molecular formula is C33H45N6O9+. The zero-order valence-corrected chi connectivity index (χ0v) is 24.9. The maximum atomic E-state index is 11.1. The molecule has 0 radical (unpaired) electrons. The fraction of sp³-hybridized carbons (Fsp3) is 0.273. The number of aliphatic hydroxyl groups is 2. The zero-order valence-electron chi connectivity index (χ0n) is 24.9. The topological polar surface area (TPSA) is 231 Å². The molecule has 15 heteroatoms. The minimum atomic E-state index is -0.550. The summed E-state index contributed by atoms with van der Waals surface area (Å²) < 4.78 is 10.2. The van der Waals surface area contributed by atoms with Gasteiger partial charge in [0.05, 0.1) is 32.4 Å². The van der Waals surface area contributed by atoms with Crippen molar-refractivity contribution in [2.24, 2.45) is 10.2 Å². The lowest BCUT2D eigenvalue weighted by molar-refractivity contribution is -0.384. The fourth-order valence-corrected chi connectivity index (χ4v) is 4.11. The van der Waals surface area contributed by atoms with Gasteiger partial charge in [0.15, 0.2) is 5.69 Å². The molecule has 5 aromatic rings. The number of aromatic hydroxyl groups is 2. The van der Waals surface area contributed by atoms with Crippen LogP contribution in [0.2, 0.25) is 0 Å². The third kappa shape index (κ3) is 9.45. The largest absolute Gasteiger partial charge is 0.505 e. The summed E-state index contributed by atoms with van der Waals surface area (Å²) in [5.41, 5.74) is 4.15. The average Bonchev–Trinajstić information content (AvgIpc) is 3.44. The van der Waals surface area contributed by atoms with Crippen molar-refractivity contribution in [2.45, 2.75) is 49.3 Å². The van der Waals surface area contributed by atoms with Crippen LogP contribution < -0.4 is 9.47 Å². The number of ether oxygens (including phenoxy) is 2. The Hall–Kier alpha value is -5.64. The molecule has 0 aliphatic rings. The summed E-state index contributed by atoms with van der Waals surface area (Å²) in [5, 5.41) is 66.2. The highest BCUT2D eigenvalue weighted by atomic mass is 16.6. The highest BCUT2D eigenvalue weighted by molar-refractivity contribution is 5.75. The second-order valence-electron chi connectivity index (χ2n) is 9.56. The summed E-state index contributed by atoms with van der Waals surface area (Å²) in [6.07, 6.45) is 0. The number of azo groups is 1. The lowest BCUT2D eigenvalue weighted by atomic mass is 10.1. The van der Waals surface area contributed by atoms with E-state index in [-0.39, 0.29) is 68.5 Å². The summed E-state index contributed by atoms with van der Waals surface area (Å²) in [7, 11) is 2.95. The highest BCUT2D eigenvalue weighted by Crippen LogP contribution is 2.37. The quantitative estimate of drug-likeness (QED) is 0.0610. The van der Waals surface area contributed by atoms with Crippen LogP contribution in [-0.2, 0) is 18.7 Å². The number of aryl methyl sites for hydroxylation is 2. The van der Waals surface area contributed by atoms with Crippen LogP contribution in [0.25, 0.3) is 16.7 Å². The van der Waals surface area contributed by atoms with Crippen molar-refractivity contribution in [2.75, 3.05) is 14.2 Å². The van der Waals surface area contributed by atoms with Gasteiger partial charge in [-0.2, -0.15) is 0 Å². The van der Waals surface area contributed by atoms with Gasteiger partial charge in [-0.25, -0.2) is 0 Å². The molecule has 0 saturated heterocycles. The van der Waals surface area contributed by atoms with E-state index in [1.807, 2.05) is 25.1 Å². The van der Waals surface area contributed by atoms with E-state index in [9.17, 15) is 30.5 Å². The van der Waals surface area contributed by atoms with Crippen molar-refractivity contribution in [3.8, 4) is 28.7 Å². The maximum absolute atomic E-state index is 11.1. The number of nitro benzene ring substituents is 1. The van der Waals surface area contributed by atoms with Crippen LogP contribution in [0.3, 0.4) is 0 Å². The molecule has 0 unspecified atom stereocenters. The number of benzene rings is 4. The lowest BCUT2D eigenvalue weighted by Crippen LogP contribution is -2.02. The Balaban J connectivity index is 0.000000852. The summed E-state index contributed by atoms with van der Waals surface area (Å²) in [5.74, 6) is 0.575. The van der Waals surface area contributed by atoms with Crippen LogP contribution in [0.1, 0.15) is 44.5 Å². The Morgan fingerprint density at radius 1 is 0.750 bits per heavy atom. The van der Waals surface area contributed by atoms with Gasteiger partial charge in [0.25, 0.3) is 5.69 Å². The van der Waals surface area contributed by atoms with Gasteiger partial charge in [-0.05, 0) is 55.3 Å². The lowest BCUT2D eigenvalue weighted by Gasteiger charge is -2.10. The van der Waals surface area contributed by atoms with Gasteiger partial charge in [0.2, 0.25) is 0 Å². The Morgan fingerprint density at radius 3 is 1.85 bits per heavy atom. The van der Waals surface area contributed by atoms with Crippen molar-refractivity contribution >= 4 is 28.1 Å². The number of nitro groups is 1. The fourth-order valence-electron chi connectivity index (χ4n) is 4.11. The molecule has 7 N–H and O–H groups in total. The Morgan fingerprint density at radius 2 is 1.27 bits per heavy atom. The molecule has 0 saturated carbocycles. The number of fused-ring (bicyclic) bond motifs is 1. The van der Waals surface area contributed by atoms with Crippen LogP contribution in [-0.4, -0.2) is 54.6 Å². The van der Waals surface area contributed by atoms with E-state index in [0.717, 1.165) is 22.2 Å². The van der Waals surface area contributed by atoms with Gasteiger partial charge in [-0.3, -0.25) is 10.1 Å². The minimum Gasteiger partial charge on any atom is -0.505 e. The number of methoxy groups -OCH3 is 2. The predicted molar refractivity (Wildman–Crippen MR) is 185 cm³/mol. The van der Waals surface area contributed by atoms with E-state index < -0.39 is 11.5 Å². The molecule has 4 aromatic carbocycles. The molecule has 0 bridgehead atoms. The molecule has 260 valence electrons. The van der Waals surface area contributed by atoms with Crippen LogP contribution in [0, 0.1) is 24.0 Å². The Labute approximate surface area is 278 Å². The number of aliphatic hydroxyl groups excluding tert-OH is 2. The van der Waals surface area contributed by atoms with Crippen LogP contribution in [0.4, 0.5) is 17.1 Å². The van der Waals surface area contributed by atoms with Crippen molar-refractivity contribution < 1.29 is 40.3 Å². The number of nitrogens with zero attached hydrogens (tertiary/aromatic N) is 6. The third-order valence-corrected chi connectivity index (χ3v) is 6.44. The van der Waals surface area contributed by atoms with E-state index in [1.54, 1.807) is 25.1 Å². The second kappa shape index (κ2) is 18.5.